The zero-order valence-corrected chi connectivity index (χ0v) is 11.6. The molecule has 0 radical (unpaired) electrons. The summed E-state index contributed by atoms with van der Waals surface area (Å²) in [6, 6.07) is 0. The molecule has 18 heavy (non-hydrogen) atoms. The van der Waals surface area contributed by atoms with Gasteiger partial charge in [0.1, 0.15) is 0 Å². The highest BCUT2D eigenvalue weighted by Crippen LogP contribution is 2.05. The Morgan fingerprint density at radius 3 is 2.28 bits per heavy atom. The molecule has 1 N–H and O–H groups in total. The average Bonchev–Trinajstić information content (AvgIpc) is 2.31. The molecule has 0 rings (SSSR count). The molecule has 0 saturated heterocycles. The van der Waals surface area contributed by atoms with Gasteiger partial charge in [-0.1, -0.05) is 0 Å². The van der Waals surface area contributed by atoms with Crippen LogP contribution in [-0.2, 0) is 24.3 Å². The lowest BCUT2D eigenvalue weighted by molar-refractivity contribution is -0.136. The normalized spacial score (nSPS) is 11.9. The van der Waals surface area contributed by atoms with E-state index < -0.39 is 22.4 Å². The van der Waals surface area contributed by atoms with Gasteiger partial charge in [-0.2, -0.15) is 4.31 Å². The van der Waals surface area contributed by atoms with Gasteiger partial charge in [0.15, 0.2) is 0 Å². The summed E-state index contributed by atoms with van der Waals surface area (Å²) in [7, 11) is -0.530. The molecular formula is C10H21NO6S. The quantitative estimate of drug-likeness (QED) is 0.527. The summed E-state index contributed by atoms with van der Waals surface area (Å²) in [6.07, 6.45) is 0.169. The molecule has 0 aromatic heterocycles. The molecule has 0 atom stereocenters. The zero-order valence-electron chi connectivity index (χ0n) is 10.8. The van der Waals surface area contributed by atoms with Gasteiger partial charge in [0.25, 0.3) is 0 Å². The molecule has 0 spiro atoms. The molecule has 0 fully saturated rings. The second-order valence-electron chi connectivity index (χ2n) is 3.70. The summed E-state index contributed by atoms with van der Waals surface area (Å²) >= 11 is 0. The first-order valence-corrected chi connectivity index (χ1v) is 7.22. The number of methoxy groups -OCH3 is 2. The Morgan fingerprint density at radius 1 is 1.17 bits per heavy atom. The third-order valence-corrected chi connectivity index (χ3v) is 4.14. The minimum absolute atomic E-state index is 0.224. The van der Waals surface area contributed by atoms with E-state index in [1.54, 1.807) is 7.11 Å². The molecule has 0 aliphatic carbocycles. The summed E-state index contributed by atoms with van der Waals surface area (Å²) < 4.78 is 34.8. The van der Waals surface area contributed by atoms with Gasteiger partial charge < -0.3 is 14.6 Å². The van der Waals surface area contributed by atoms with Crippen LogP contribution < -0.4 is 0 Å². The van der Waals surface area contributed by atoms with Gasteiger partial charge in [-0.05, 0) is 6.42 Å². The van der Waals surface area contributed by atoms with Crippen molar-refractivity contribution in [3.05, 3.63) is 0 Å². The molecule has 0 aliphatic rings. The standard InChI is InChI=1S/C10H21NO6S/c1-16-7-3-5-11(6-8-17-2)18(14,15)9-4-10(12)13/h3-9H2,1-2H3,(H,12,13). The lowest BCUT2D eigenvalue weighted by Crippen LogP contribution is -2.37. The third-order valence-electron chi connectivity index (χ3n) is 2.27. The van der Waals surface area contributed by atoms with Crippen LogP contribution in [0.4, 0.5) is 0 Å². The van der Waals surface area contributed by atoms with Crippen LogP contribution in [0.15, 0.2) is 0 Å². The Balaban J connectivity index is 4.44. The van der Waals surface area contributed by atoms with Crippen molar-refractivity contribution in [2.75, 3.05) is 46.3 Å². The smallest absolute Gasteiger partial charge is 0.304 e. The molecule has 0 saturated carbocycles. The van der Waals surface area contributed by atoms with Gasteiger partial charge in [-0.15, -0.1) is 0 Å². The van der Waals surface area contributed by atoms with Crippen LogP contribution in [-0.4, -0.2) is 70.1 Å². The van der Waals surface area contributed by atoms with Crippen LogP contribution in [0.1, 0.15) is 12.8 Å². The van der Waals surface area contributed by atoms with Gasteiger partial charge >= 0.3 is 5.97 Å². The SMILES string of the molecule is COCCCN(CCOC)S(=O)(=O)CCC(=O)O. The molecule has 0 aromatic carbocycles. The van der Waals surface area contributed by atoms with E-state index in [-0.39, 0.29) is 18.9 Å². The molecule has 0 aliphatic heterocycles. The third kappa shape index (κ3) is 7.59. The van der Waals surface area contributed by atoms with Gasteiger partial charge in [0, 0.05) is 33.9 Å². The maximum Gasteiger partial charge on any atom is 0.304 e. The molecular weight excluding hydrogens is 262 g/mol. The van der Waals surface area contributed by atoms with Crippen LogP contribution >= 0.6 is 0 Å². The van der Waals surface area contributed by atoms with Gasteiger partial charge in [-0.25, -0.2) is 8.42 Å². The van der Waals surface area contributed by atoms with E-state index in [4.69, 9.17) is 14.6 Å². The monoisotopic (exact) mass is 283 g/mol. The number of carbonyl (C=O) groups is 1. The maximum absolute atomic E-state index is 11.9. The number of ether oxygens (including phenoxy) is 2. The van der Waals surface area contributed by atoms with Crippen molar-refractivity contribution in [1.29, 1.82) is 0 Å². The fraction of sp³-hybridized carbons (Fsp3) is 0.900. The highest BCUT2D eigenvalue weighted by Gasteiger charge is 2.22. The fourth-order valence-corrected chi connectivity index (χ4v) is 2.76. The topological polar surface area (TPSA) is 93.1 Å². The van der Waals surface area contributed by atoms with E-state index >= 15 is 0 Å². The lowest BCUT2D eigenvalue weighted by atomic mass is 10.4. The van der Waals surface area contributed by atoms with E-state index in [0.29, 0.717) is 19.6 Å². The summed E-state index contributed by atoms with van der Waals surface area (Å²) in [6.45, 7) is 1.26. The minimum atomic E-state index is -3.55. The van der Waals surface area contributed by atoms with E-state index in [9.17, 15) is 13.2 Å². The van der Waals surface area contributed by atoms with Crippen molar-refractivity contribution in [1.82, 2.24) is 4.31 Å². The minimum Gasteiger partial charge on any atom is -0.481 e. The number of hydrogen-bond donors (Lipinski definition) is 1. The van der Waals surface area contributed by atoms with Crippen molar-refractivity contribution >= 4 is 16.0 Å². The van der Waals surface area contributed by atoms with Crippen molar-refractivity contribution in [2.24, 2.45) is 0 Å². The number of sulfonamides is 1. The molecule has 0 amide bonds. The molecule has 108 valence electrons. The summed E-state index contributed by atoms with van der Waals surface area (Å²) in [5, 5.41) is 8.52. The van der Waals surface area contributed by atoms with Crippen molar-refractivity contribution in [3.63, 3.8) is 0 Å². The van der Waals surface area contributed by atoms with Crippen LogP contribution in [0.25, 0.3) is 0 Å². The predicted octanol–water partition coefficient (Wildman–Crippen LogP) is -0.224. The van der Waals surface area contributed by atoms with Crippen LogP contribution in [0.2, 0.25) is 0 Å². The number of carboxylic acid groups (broad SMARTS) is 1. The van der Waals surface area contributed by atoms with Gasteiger partial charge in [0.2, 0.25) is 10.0 Å². The molecule has 0 bridgehead atoms. The highest BCUT2D eigenvalue weighted by atomic mass is 32.2. The van der Waals surface area contributed by atoms with Crippen molar-refractivity contribution < 1.29 is 27.8 Å². The van der Waals surface area contributed by atoms with Crippen LogP contribution in [0, 0.1) is 0 Å². The molecule has 0 unspecified atom stereocenters. The Kier molecular flexibility index (Phi) is 8.90. The number of rotatable bonds is 11. The molecule has 8 heteroatoms. The Hall–Kier alpha value is -0.700. The predicted molar refractivity (Wildman–Crippen MR) is 66.0 cm³/mol. The molecule has 7 nitrogen and oxygen atoms in total. The van der Waals surface area contributed by atoms with E-state index in [1.165, 1.54) is 11.4 Å². The first-order valence-electron chi connectivity index (χ1n) is 5.61. The zero-order chi connectivity index (χ0) is 14.0. The first-order chi connectivity index (χ1) is 8.44. The van der Waals surface area contributed by atoms with Gasteiger partial charge in [-0.3, -0.25) is 4.79 Å². The van der Waals surface area contributed by atoms with E-state index in [0.717, 1.165) is 0 Å². The fourth-order valence-electron chi connectivity index (χ4n) is 1.31. The Labute approximate surface area is 108 Å². The largest absolute Gasteiger partial charge is 0.481 e. The Morgan fingerprint density at radius 2 is 1.78 bits per heavy atom. The van der Waals surface area contributed by atoms with Gasteiger partial charge in [0.05, 0.1) is 18.8 Å². The van der Waals surface area contributed by atoms with E-state index in [1.807, 2.05) is 0 Å². The first kappa shape index (κ1) is 17.3. The second kappa shape index (κ2) is 9.26. The maximum atomic E-state index is 11.9. The average molecular weight is 283 g/mol. The number of aliphatic carboxylic acids is 1. The summed E-state index contributed by atoms with van der Waals surface area (Å²) in [4.78, 5) is 10.4. The van der Waals surface area contributed by atoms with Crippen LogP contribution in [0.5, 0.6) is 0 Å². The number of nitrogens with zero attached hydrogens (tertiary/aromatic N) is 1. The summed E-state index contributed by atoms with van der Waals surface area (Å²) in [5.41, 5.74) is 0. The Bertz CT molecular complexity index is 329. The van der Waals surface area contributed by atoms with Crippen molar-refractivity contribution in [3.8, 4) is 0 Å². The second-order valence-corrected chi connectivity index (χ2v) is 5.79. The molecule has 0 heterocycles. The van der Waals surface area contributed by atoms with Crippen molar-refractivity contribution in [2.45, 2.75) is 12.8 Å². The molecule has 0 aromatic rings. The lowest BCUT2D eigenvalue weighted by Gasteiger charge is -2.21. The highest BCUT2D eigenvalue weighted by molar-refractivity contribution is 7.89. The van der Waals surface area contributed by atoms with Crippen LogP contribution in [0.3, 0.4) is 0 Å². The number of carboxylic acids is 1. The number of hydrogen-bond acceptors (Lipinski definition) is 5. The van der Waals surface area contributed by atoms with E-state index in [2.05, 4.69) is 0 Å². The summed E-state index contributed by atoms with van der Waals surface area (Å²) in [5.74, 6) is -1.51.